The average Bonchev–Trinajstić information content (AvgIpc) is 2.71. The van der Waals surface area contributed by atoms with Crippen molar-refractivity contribution in [3.8, 4) is 0 Å². The third-order valence-electron chi connectivity index (χ3n) is 4.28. The Labute approximate surface area is 178 Å². The first-order chi connectivity index (χ1) is 13.8. The lowest BCUT2D eigenvalue weighted by molar-refractivity contribution is -0.115. The van der Waals surface area contributed by atoms with Gasteiger partial charge in [-0.2, -0.15) is 4.31 Å². The summed E-state index contributed by atoms with van der Waals surface area (Å²) < 4.78 is 45.4. The van der Waals surface area contributed by atoms with E-state index < -0.39 is 21.1 Å². The van der Waals surface area contributed by atoms with Gasteiger partial charge in [-0.1, -0.05) is 17.7 Å². The number of sulfonamides is 1. The zero-order valence-electron chi connectivity index (χ0n) is 15.6. The van der Waals surface area contributed by atoms with E-state index in [1.54, 1.807) is 25.1 Å². The first-order valence-electron chi connectivity index (χ1n) is 8.88. The maximum absolute atomic E-state index is 13.3. The molecule has 0 bridgehead atoms. The molecule has 0 radical (unpaired) electrons. The molecule has 0 aromatic heterocycles. The zero-order valence-corrected chi connectivity index (χ0v) is 18.0. The maximum Gasteiger partial charge on any atom is 0.243 e. The number of nitrogens with zero attached hydrogens (tertiary/aromatic N) is 1. The monoisotopic (exact) mass is 458 g/mol. The van der Waals surface area contributed by atoms with E-state index in [0.717, 1.165) is 0 Å². The van der Waals surface area contributed by atoms with Gasteiger partial charge in [-0.25, -0.2) is 12.8 Å². The largest absolute Gasteiger partial charge is 0.379 e. The normalized spacial score (nSPS) is 16.4. The number of benzene rings is 2. The predicted octanol–water partition coefficient (Wildman–Crippen LogP) is 3.62. The molecule has 1 unspecified atom stereocenters. The first-order valence-corrected chi connectivity index (χ1v) is 11.6. The SMILES string of the molecule is CC(Sc1ccc(F)c(Cl)c1)C(=O)Nc1cccc(S(=O)(=O)N2CCOCC2)c1. The number of anilines is 1. The van der Waals surface area contributed by atoms with Crippen LogP contribution in [-0.2, 0) is 19.6 Å². The standard InChI is InChI=1S/C19H20ClFN2O4S2/c1-13(28-15-5-6-18(21)17(20)12-15)19(24)22-14-3-2-4-16(11-14)29(25,26)23-7-9-27-10-8-23/h2-6,11-13H,7-10H2,1H3,(H,22,24). The smallest absolute Gasteiger partial charge is 0.243 e. The Morgan fingerprint density at radius 1 is 1.24 bits per heavy atom. The second-order valence-electron chi connectivity index (χ2n) is 6.37. The molecule has 1 aliphatic rings. The number of rotatable bonds is 6. The lowest BCUT2D eigenvalue weighted by Crippen LogP contribution is -2.40. The predicted molar refractivity (Wildman–Crippen MR) is 111 cm³/mol. The Morgan fingerprint density at radius 3 is 2.66 bits per heavy atom. The van der Waals surface area contributed by atoms with Crippen LogP contribution in [-0.4, -0.2) is 50.2 Å². The molecule has 6 nitrogen and oxygen atoms in total. The van der Waals surface area contributed by atoms with Crippen LogP contribution in [0.4, 0.5) is 10.1 Å². The van der Waals surface area contributed by atoms with Crippen molar-refractivity contribution in [1.29, 1.82) is 0 Å². The summed E-state index contributed by atoms with van der Waals surface area (Å²) >= 11 is 7.00. The van der Waals surface area contributed by atoms with Gasteiger partial charge < -0.3 is 10.1 Å². The minimum Gasteiger partial charge on any atom is -0.379 e. The molecule has 1 heterocycles. The van der Waals surface area contributed by atoms with Crippen molar-refractivity contribution in [3.63, 3.8) is 0 Å². The van der Waals surface area contributed by atoms with Crippen molar-refractivity contribution in [2.75, 3.05) is 31.6 Å². The lowest BCUT2D eigenvalue weighted by atomic mass is 10.3. The Morgan fingerprint density at radius 2 is 1.97 bits per heavy atom. The summed E-state index contributed by atoms with van der Waals surface area (Å²) in [5.74, 6) is -0.831. The number of carbonyl (C=O) groups excluding carboxylic acids is 1. The van der Waals surface area contributed by atoms with Gasteiger partial charge in [0.05, 0.1) is 28.4 Å². The van der Waals surface area contributed by atoms with E-state index in [0.29, 0.717) is 36.9 Å². The van der Waals surface area contributed by atoms with Crippen LogP contribution in [0.3, 0.4) is 0 Å². The summed E-state index contributed by atoms with van der Waals surface area (Å²) in [7, 11) is -3.65. The van der Waals surface area contributed by atoms with Crippen molar-refractivity contribution in [2.24, 2.45) is 0 Å². The quantitative estimate of drug-likeness (QED) is 0.669. The molecule has 1 aliphatic heterocycles. The molecule has 2 aromatic rings. The molecular weight excluding hydrogens is 439 g/mol. The van der Waals surface area contributed by atoms with Gasteiger partial charge >= 0.3 is 0 Å². The van der Waals surface area contributed by atoms with E-state index in [9.17, 15) is 17.6 Å². The van der Waals surface area contributed by atoms with Crippen molar-refractivity contribution in [3.05, 3.63) is 53.3 Å². The topological polar surface area (TPSA) is 75.7 Å². The second-order valence-corrected chi connectivity index (χ2v) is 10.1. The van der Waals surface area contributed by atoms with Gasteiger partial charge in [0.25, 0.3) is 0 Å². The minimum absolute atomic E-state index is 0.0105. The van der Waals surface area contributed by atoms with Crippen LogP contribution >= 0.6 is 23.4 Å². The number of halogens is 2. The number of morpholine rings is 1. The van der Waals surface area contributed by atoms with Crippen LogP contribution in [0.25, 0.3) is 0 Å². The van der Waals surface area contributed by atoms with Gasteiger partial charge in [-0.15, -0.1) is 11.8 Å². The summed E-state index contributed by atoms with van der Waals surface area (Å²) in [6, 6.07) is 10.4. The third kappa shape index (κ3) is 5.49. The Balaban J connectivity index is 1.68. The molecule has 1 fully saturated rings. The Hall–Kier alpha value is -1.65. The number of nitrogens with one attached hydrogen (secondary N) is 1. The summed E-state index contributed by atoms with van der Waals surface area (Å²) in [4.78, 5) is 13.3. The highest BCUT2D eigenvalue weighted by Gasteiger charge is 2.26. The van der Waals surface area contributed by atoms with E-state index >= 15 is 0 Å². The lowest BCUT2D eigenvalue weighted by Gasteiger charge is -2.26. The summed E-state index contributed by atoms with van der Waals surface area (Å²) in [6.45, 7) is 3.01. The first kappa shape index (κ1) is 22.0. The van der Waals surface area contributed by atoms with Gasteiger partial charge in [-0.05, 0) is 43.3 Å². The molecular formula is C19H20ClFN2O4S2. The highest BCUT2D eigenvalue weighted by atomic mass is 35.5. The number of amides is 1. The van der Waals surface area contributed by atoms with Gasteiger partial charge in [0.15, 0.2) is 0 Å². The van der Waals surface area contributed by atoms with Gasteiger partial charge in [-0.3, -0.25) is 4.79 Å². The van der Waals surface area contributed by atoms with E-state index in [4.69, 9.17) is 16.3 Å². The highest BCUT2D eigenvalue weighted by Crippen LogP contribution is 2.28. The molecule has 1 atom stereocenters. The van der Waals surface area contributed by atoms with Crippen molar-refractivity contribution in [1.82, 2.24) is 4.31 Å². The summed E-state index contributed by atoms with van der Waals surface area (Å²) in [5.41, 5.74) is 0.383. The minimum atomic E-state index is -3.65. The molecule has 0 aliphatic carbocycles. The Kier molecular flexibility index (Phi) is 7.18. The summed E-state index contributed by atoms with van der Waals surface area (Å²) in [6.07, 6.45) is 0. The molecule has 156 valence electrons. The molecule has 10 heteroatoms. The fourth-order valence-electron chi connectivity index (χ4n) is 2.72. The van der Waals surface area contributed by atoms with Crippen LogP contribution in [0.15, 0.2) is 52.3 Å². The van der Waals surface area contributed by atoms with Gasteiger partial charge in [0.1, 0.15) is 5.82 Å². The van der Waals surface area contributed by atoms with E-state index in [1.807, 2.05) is 0 Å². The van der Waals surface area contributed by atoms with Crippen LogP contribution in [0, 0.1) is 5.82 Å². The highest BCUT2D eigenvalue weighted by molar-refractivity contribution is 8.00. The van der Waals surface area contributed by atoms with Crippen LogP contribution in [0.1, 0.15) is 6.92 Å². The van der Waals surface area contributed by atoms with Crippen molar-refractivity contribution < 1.29 is 22.3 Å². The maximum atomic E-state index is 13.3. The molecule has 0 spiro atoms. The van der Waals surface area contributed by atoms with Crippen LogP contribution in [0.2, 0.25) is 5.02 Å². The molecule has 0 saturated carbocycles. The molecule has 2 aromatic carbocycles. The molecule has 29 heavy (non-hydrogen) atoms. The Bertz CT molecular complexity index is 997. The van der Waals surface area contributed by atoms with Crippen molar-refractivity contribution >= 4 is 45.0 Å². The number of thioether (sulfide) groups is 1. The molecule has 1 saturated heterocycles. The fourth-order valence-corrected chi connectivity index (χ4v) is 5.33. The number of carbonyl (C=O) groups is 1. The van der Waals surface area contributed by atoms with Gasteiger partial charge in [0.2, 0.25) is 15.9 Å². The average molecular weight is 459 g/mol. The summed E-state index contributed by atoms with van der Waals surface area (Å²) in [5, 5.41) is 2.21. The fraction of sp³-hybridized carbons (Fsp3) is 0.316. The van der Waals surface area contributed by atoms with Crippen LogP contribution < -0.4 is 5.32 Å². The molecule has 1 amide bonds. The number of hydrogen-bond donors (Lipinski definition) is 1. The van der Waals surface area contributed by atoms with E-state index in [-0.39, 0.29) is 15.8 Å². The zero-order chi connectivity index (χ0) is 21.0. The van der Waals surface area contributed by atoms with Crippen LogP contribution in [0.5, 0.6) is 0 Å². The third-order valence-corrected chi connectivity index (χ3v) is 7.56. The van der Waals surface area contributed by atoms with Gasteiger partial charge in [0, 0.05) is 23.7 Å². The number of ether oxygens (including phenoxy) is 1. The second kappa shape index (κ2) is 9.44. The molecule has 3 rings (SSSR count). The van der Waals surface area contributed by atoms with E-state index in [2.05, 4.69) is 5.32 Å². The number of hydrogen-bond acceptors (Lipinski definition) is 5. The van der Waals surface area contributed by atoms with Crippen molar-refractivity contribution in [2.45, 2.75) is 22.0 Å². The molecule has 1 N–H and O–H groups in total. The van der Waals surface area contributed by atoms with E-state index in [1.165, 1.54) is 40.3 Å².